The number of hydrogen-bond donors (Lipinski definition) is 0. The molecule has 4 nitrogen and oxygen atoms in total. The van der Waals surface area contributed by atoms with Crippen LogP contribution in [0.15, 0.2) is 55.0 Å². The molecule has 0 aliphatic carbocycles. The highest BCUT2D eigenvalue weighted by atomic mass is 19.1. The Hall–Kier alpha value is -2.88. The summed E-state index contributed by atoms with van der Waals surface area (Å²) >= 11 is 0. The van der Waals surface area contributed by atoms with Gasteiger partial charge in [0.15, 0.2) is 5.76 Å². The van der Waals surface area contributed by atoms with Crippen molar-refractivity contribution in [1.29, 1.82) is 0 Å². The van der Waals surface area contributed by atoms with E-state index in [0.717, 1.165) is 23.0 Å². The zero-order valence-corrected chi connectivity index (χ0v) is 15.3. The van der Waals surface area contributed by atoms with Gasteiger partial charge in [0.2, 0.25) is 0 Å². The van der Waals surface area contributed by atoms with Gasteiger partial charge in [-0.3, -0.25) is 4.98 Å². The van der Waals surface area contributed by atoms with Crippen molar-refractivity contribution in [1.82, 2.24) is 14.5 Å². The Kier molecular flexibility index (Phi) is 5.21. The molecule has 3 aromatic rings. The number of ether oxygens (including phenoxy) is 1. The van der Waals surface area contributed by atoms with Crippen molar-refractivity contribution >= 4 is 16.7 Å². The molecule has 0 aliphatic rings. The van der Waals surface area contributed by atoms with Crippen LogP contribution in [-0.2, 0) is 17.8 Å². The summed E-state index contributed by atoms with van der Waals surface area (Å²) in [5.41, 5.74) is 6.72. The van der Waals surface area contributed by atoms with Gasteiger partial charge in [-0.05, 0) is 43.4 Å². The van der Waals surface area contributed by atoms with E-state index in [9.17, 15) is 4.39 Å². The Morgan fingerprint density at radius 3 is 2.65 bits per heavy atom. The first-order valence-corrected chi connectivity index (χ1v) is 8.33. The van der Waals surface area contributed by atoms with Crippen molar-refractivity contribution in [3.8, 4) is 0 Å². The van der Waals surface area contributed by atoms with Gasteiger partial charge in [-0.2, -0.15) is 0 Å². The van der Waals surface area contributed by atoms with Crippen molar-refractivity contribution in [2.75, 3.05) is 21.2 Å². The van der Waals surface area contributed by atoms with Crippen LogP contribution >= 0.6 is 0 Å². The number of methoxy groups -OCH3 is 1. The molecule has 0 aliphatic heterocycles. The fourth-order valence-corrected chi connectivity index (χ4v) is 3.04. The van der Waals surface area contributed by atoms with Crippen LogP contribution in [0, 0.1) is 5.82 Å². The first kappa shape index (κ1) is 17.9. The zero-order valence-electron chi connectivity index (χ0n) is 15.3. The maximum Gasteiger partial charge on any atom is 0.187 e. The average Bonchev–Trinajstić information content (AvgIpc) is 2.94. The van der Waals surface area contributed by atoms with Crippen molar-refractivity contribution < 1.29 is 9.13 Å². The third-order valence-electron chi connectivity index (χ3n) is 4.20. The lowest BCUT2D eigenvalue weighted by atomic mass is 10.1. The summed E-state index contributed by atoms with van der Waals surface area (Å²) in [6.45, 7) is 5.11. The largest absolute Gasteiger partial charge is 0.487 e. The lowest BCUT2D eigenvalue weighted by molar-refractivity contribution is 0.369. The molecule has 0 spiro atoms. The third-order valence-corrected chi connectivity index (χ3v) is 4.20. The van der Waals surface area contributed by atoms with Gasteiger partial charge in [0, 0.05) is 24.7 Å². The van der Waals surface area contributed by atoms with Gasteiger partial charge >= 0.3 is 0 Å². The maximum atomic E-state index is 13.2. The number of benzene rings is 1. The second kappa shape index (κ2) is 7.56. The minimum Gasteiger partial charge on any atom is -0.487 e. The van der Waals surface area contributed by atoms with Gasteiger partial charge in [0.05, 0.1) is 18.8 Å². The Morgan fingerprint density at radius 2 is 2.04 bits per heavy atom. The van der Waals surface area contributed by atoms with E-state index in [4.69, 9.17) is 4.74 Å². The molecule has 26 heavy (non-hydrogen) atoms. The summed E-state index contributed by atoms with van der Waals surface area (Å²) in [6.07, 6.45) is 3.97. The number of pyridine rings is 1. The molecule has 2 heterocycles. The Bertz CT molecular complexity index is 967. The first-order valence-electron chi connectivity index (χ1n) is 8.33. The zero-order chi connectivity index (χ0) is 18.7. The summed E-state index contributed by atoms with van der Waals surface area (Å²) in [5.74, 6) is 0.294. The molecule has 2 aromatic heterocycles. The molecule has 0 N–H and O–H groups in total. The monoisotopic (exact) mass is 351 g/mol. The van der Waals surface area contributed by atoms with Crippen LogP contribution < -0.4 is 0 Å². The molecule has 0 bridgehead atoms. The molecule has 0 fully saturated rings. The van der Waals surface area contributed by atoms with E-state index in [1.165, 1.54) is 17.7 Å². The number of hydrogen-bond acceptors (Lipinski definition) is 3. The Morgan fingerprint density at radius 1 is 1.31 bits per heavy atom. The highest BCUT2D eigenvalue weighted by Crippen LogP contribution is 2.26. The van der Waals surface area contributed by atoms with Crippen molar-refractivity contribution in [3.63, 3.8) is 0 Å². The molecular weight excluding hydrogens is 329 g/mol. The van der Waals surface area contributed by atoms with Crippen LogP contribution in [-0.4, -0.2) is 35.7 Å². The average molecular weight is 351 g/mol. The third kappa shape index (κ3) is 3.69. The van der Waals surface area contributed by atoms with Gasteiger partial charge < -0.3 is 14.2 Å². The van der Waals surface area contributed by atoms with Gasteiger partial charge in [0.1, 0.15) is 11.5 Å². The lowest BCUT2D eigenvalue weighted by Gasteiger charge is -2.08. The highest BCUT2D eigenvalue weighted by molar-refractivity contribution is 5.85. The van der Waals surface area contributed by atoms with Gasteiger partial charge in [-0.15, -0.1) is 0 Å². The smallest absolute Gasteiger partial charge is 0.187 e. The molecule has 0 atom stereocenters. The molecular formula is C21H22FN3O. The second-order valence-corrected chi connectivity index (χ2v) is 6.44. The summed E-state index contributed by atoms with van der Waals surface area (Å²) in [6, 6.07) is 8.58. The Balaban J connectivity index is 2.08. The first-order chi connectivity index (χ1) is 12.5. The predicted octanol–water partition coefficient (Wildman–Crippen LogP) is 4.06. The van der Waals surface area contributed by atoms with E-state index < -0.39 is 0 Å². The minimum atomic E-state index is -0.228. The number of rotatable bonds is 6. The number of halogens is 1. The van der Waals surface area contributed by atoms with E-state index in [1.54, 1.807) is 19.2 Å². The molecule has 3 rings (SSSR count). The molecule has 0 saturated carbocycles. The lowest BCUT2D eigenvalue weighted by Crippen LogP contribution is -2.10. The van der Waals surface area contributed by atoms with E-state index in [2.05, 4.69) is 33.0 Å². The van der Waals surface area contributed by atoms with Gasteiger partial charge in [-0.25, -0.2) is 4.39 Å². The Labute approximate surface area is 152 Å². The molecule has 134 valence electrons. The summed E-state index contributed by atoms with van der Waals surface area (Å²) < 4.78 is 20.6. The maximum absolute atomic E-state index is 13.2. The van der Waals surface area contributed by atoms with E-state index in [1.807, 2.05) is 26.4 Å². The normalized spacial score (nSPS) is 11.0. The molecule has 5 heteroatoms. The summed E-state index contributed by atoms with van der Waals surface area (Å²) in [4.78, 5) is 6.62. The summed E-state index contributed by atoms with van der Waals surface area (Å²) in [7, 11) is 5.66. The van der Waals surface area contributed by atoms with Crippen LogP contribution in [0.4, 0.5) is 4.39 Å². The standard InChI is InChI=1S/C21H22FN3O/c1-5-21(26-4)19-10-18-16(13-24(2)3)14-25(20(18)11-23-19)12-15-6-8-17(22)9-7-15/h6-11,14H,1,12-13H2,2-4H3. The van der Waals surface area contributed by atoms with Crippen molar-refractivity contribution in [2.24, 2.45) is 0 Å². The molecule has 0 saturated heterocycles. The number of fused-ring (bicyclic) bond motifs is 1. The van der Waals surface area contributed by atoms with Gasteiger partial charge in [0.25, 0.3) is 0 Å². The SMILES string of the molecule is C=C=C(OC)c1cc2c(CN(C)C)cn(Cc3ccc(F)cc3)c2cn1. The van der Waals surface area contributed by atoms with Crippen molar-refractivity contribution in [3.05, 3.63) is 77.7 Å². The van der Waals surface area contributed by atoms with Crippen LogP contribution in [0.5, 0.6) is 0 Å². The molecule has 0 unspecified atom stereocenters. The van der Waals surface area contributed by atoms with Crippen LogP contribution in [0.25, 0.3) is 16.7 Å². The molecule has 0 radical (unpaired) electrons. The van der Waals surface area contributed by atoms with Crippen molar-refractivity contribution in [2.45, 2.75) is 13.1 Å². The fraction of sp³-hybridized carbons (Fsp3) is 0.238. The second-order valence-electron chi connectivity index (χ2n) is 6.44. The predicted molar refractivity (Wildman–Crippen MR) is 102 cm³/mol. The molecule has 1 aromatic carbocycles. The van der Waals surface area contributed by atoms with Crippen LogP contribution in [0.2, 0.25) is 0 Å². The molecule has 0 amide bonds. The summed E-state index contributed by atoms with van der Waals surface area (Å²) in [5, 5.41) is 1.11. The highest BCUT2D eigenvalue weighted by Gasteiger charge is 2.13. The van der Waals surface area contributed by atoms with Crippen LogP contribution in [0.1, 0.15) is 16.8 Å². The fourth-order valence-electron chi connectivity index (χ4n) is 3.04. The van der Waals surface area contributed by atoms with E-state index >= 15 is 0 Å². The number of nitrogens with zero attached hydrogens (tertiary/aromatic N) is 3. The van der Waals surface area contributed by atoms with Gasteiger partial charge in [-0.1, -0.05) is 24.4 Å². The van der Waals surface area contributed by atoms with E-state index in [-0.39, 0.29) is 5.82 Å². The van der Waals surface area contributed by atoms with Crippen LogP contribution in [0.3, 0.4) is 0 Å². The topological polar surface area (TPSA) is 30.3 Å². The van der Waals surface area contributed by atoms with E-state index in [0.29, 0.717) is 18.0 Å². The quantitative estimate of drug-likeness (QED) is 0.496. The minimum absolute atomic E-state index is 0.228. The number of aromatic nitrogens is 2.